The normalized spacial score (nSPS) is 23.9. The molecule has 1 unspecified atom stereocenters. The van der Waals surface area contributed by atoms with Crippen molar-refractivity contribution < 1.29 is 9.53 Å². The molecule has 0 radical (unpaired) electrons. The monoisotopic (exact) mass is 201 g/mol. The summed E-state index contributed by atoms with van der Waals surface area (Å²) in [5, 5.41) is 8.96. The fourth-order valence-electron chi connectivity index (χ4n) is 1.82. The molecule has 3 nitrogen and oxygen atoms in total. The van der Waals surface area contributed by atoms with E-state index in [9.17, 15) is 4.79 Å². The van der Waals surface area contributed by atoms with Crippen molar-refractivity contribution in [3.8, 4) is 6.07 Å². The molecule has 1 heterocycles. The zero-order chi connectivity index (χ0) is 11.1. The van der Waals surface area contributed by atoms with Gasteiger partial charge in [0.1, 0.15) is 6.07 Å². The fraction of sp³-hybridized carbons (Fsp3) is 0.333. The maximum atomic E-state index is 11.6. The van der Waals surface area contributed by atoms with Crippen LogP contribution in [0.1, 0.15) is 28.4 Å². The average molecular weight is 201 g/mol. The molecule has 0 aromatic heterocycles. The van der Waals surface area contributed by atoms with Crippen molar-refractivity contribution >= 4 is 5.97 Å². The van der Waals surface area contributed by atoms with Crippen molar-refractivity contribution in [1.29, 1.82) is 5.26 Å². The van der Waals surface area contributed by atoms with Crippen LogP contribution in [0, 0.1) is 18.3 Å². The SMILES string of the molecule is Cc1cccc2c1CC(C)(C#N)OC2=O. The molecule has 0 saturated carbocycles. The standard InChI is InChI=1S/C12H11NO2/c1-8-4-3-5-9-10(8)6-12(2,7-13)15-11(9)14/h3-5H,6H2,1-2H3. The third kappa shape index (κ3) is 1.48. The van der Waals surface area contributed by atoms with E-state index < -0.39 is 11.6 Å². The van der Waals surface area contributed by atoms with Gasteiger partial charge in [0.2, 0.25) is 0 Å². The van der Waals surface area contributed by atoms with Crippen LogP contribution >= 0.6 is 0 Å². The van der Waals surface area contributed by atoms with E-state index in [4.69, 9.17) is 10.00 Å². The molecule has 1 aliphatic rings. The number of benzene rings is 1. The van der Waals surface area contributed by atoms with Crippen LogP contribution in [0.3, 0.4) is 0 Å². The van der Waals surface area contributed by atoms with Gasteiger partial charge in [0, 0.05) is 6.42 Å². The molecular formula is C12H11NO2. The van der Waals surface area contributed by atoms with Gasteiger partial charge in [-0.25, -0.2) is 4.79 Å². The Bertz CT molecular complexity index is 473. The van der Waals surface area contributed by atoms with Crippen LogP contribution < -0.4 is 0 Å². The summed E-state index contributed by atoms with van der Waals surface area (Å²) in [7, 11) is 0. The Balaban J connectivity index is 2.57. The molecule has 0 amide bonds. The van der Waals surface area contributed by atoms with Gasteiger partial charge in [0.15, 0.2) is 5.60 Å². The molecule has 3 heteroatoms. The van der Waals surface area contributed by atoms with E-state index in [2.05, 4.69) is 0 Å². The lowest BCUT2D eigenvalue weighted by Gasteiger charge is -2.29. The predicted octanol–water partition coefficient (Wildman–Crippen LogP) is 1.99. The summed E-state index contributed by atoms with van der Waals surface area (Å²) >= 11 is 0. The number of nitriles is 1. The first-order chi connectivity index (χ1) is 7.06. The Morgan fingerprint density at radius 2 is 2.27 bits per heavy atom. The Morgan fingerprint density at radius 1 is 1.53 bits per heavy atom. The van der Waals surface area contributed by atoms with Crippen LogP contribution in [0.2, 0.25) is 0 Å². The van der Waals surface area contributed by atoms with Gasteiger partial charge >= 0.3 is 5.97 Å². The number of esters is 1. The van der Waals surface area contributed by atoms with Crippen molar-refractivity contribution in [2.24, 2.45) is 0 Å². The highest BCUT2D eigenvalue weighted by atomic mass is 16.6. The summed E-state index contributed by atoms with van der Waals surface area (Å²) in [5.74, 6) is -0.399. The number of rotatable bonds is 0. The van der Waals surface area contributed by atoms with E-state index >= 15 is 0 Å². The molecular weight excluding hydrogens is 190 g/mol. The van der Waals surface area contributed by atoms with Gasteiger partial charge in [0.25, 0.3) is 0 Å². The van der Waals surface area contributed by atoms with E-state index in [0.29, 0.717) is 12.0 Å². The number of carbonyl (C=O) groups is 1. The average Bonchev–Trinajstić information content (AvgIpc) is 2.20. The number of nitrogens with zero attached hydrogens (tertiary/aromatic N) is 1. The van der Waals surface area contributed by atoms with Gasteiger partial charge in [0.05, 0.1) is 5.56 Å². The third-order valence-corrected chi connectivity index (χ3v) is 2.70. The largest absolute Gasteiger partial charge is 0.440 e. The van der Waals surface area contributed by atoms with Crippen LogP contribution in [0.5, 0.6) is 0 Å². The lowest BCUT2D eigenvalue weighted by molar-refractivity contribution is 0.00840. The lowest BCUT2D eigenvalue weighted by Crippen LogP contribution is -2.37. The number of hydrogen-bond donors (Lipinski definition) is 0. The fourth-order valence-corrected chi connectivity index (χ4v) is 1.82. The molecule has 2 rings (SSSR count). The Labute approximate surface area is 88.3 Å². The van der Waals surface area contributed by atoms with Crippen LogP contribution in [-0.4, -0.2) is 11.6 Å². The molecule has 0 spiro atoms. The van der Waals surface area contributed by atoms with Gasteiger partial charge in [-0.1, -0.05) is 12.1 Å². The highest BCUT2D eigenvalue weighted by Gasteiger charge is 2.36. The van der Waals surface area contributed by atoms with E-state index in [1.165, 1.54) is 0 Å². The number of fused-ring (bicyclic) bond motifs is 1. The Hall–Kier alpha value is -1.82. The highest BCUT2D eigenvalue weighted by Crippen LogP contribution is 2.29. The lowest BCUT2D eigenvalue weighted by atomic mass is 9.88. The molecule has 76 valence electrons. The van der Waals surface area contributed by atoms with E-state index in [1.807, 2.05) is 25.1 Å². The van der Waals surface area contributed by atoms with Gasteiger partial charge in [-0.2, -0.15) is 5.26 Å². The van der Waals surface area contributed by atoms with Crippen molar-refractivity contribution in [1.82, 2.24) is 0 Å². The zero-order valence-electron chi connectivity index (χ0n) is 8.70. The molecule has 0 saturated heterocycles. The number of aryl methyl sites for hydroxylation is 1. The minimum Gasteiger partial charge on any atom is -0.440 e. The summed E-state index contributed by atoms with van der Waals surface area (Å²) in [4.78, 5) is 11.6. The molecule has 0 aliphatic carbocycles. The van der Waals surface area contributed by atoms with Gasteiger partial charge in [-0.05, 0) is 31.0 Å². The van der Waals surface area contributed by atoms with Gasteiger partial charge in [-0.15, -0.1) is 0 Å². The summed E-state index contributed by atoms with van der Waals surface area (Å²) in [6.45, 7) is 3.58. The second-order valence-electron chi connectivity index (χ2n) is 4.01. The van der Waals surface area contributed by atoms with Crippen LogP contribution in [0.4, 0.5) is 0 Å². The van der Waals surface area contributed by atoms with Crippen molar-refractivity contribution in [2.45, 2.75) is 25.9 Å². The number of hydrogen-bond acceptors (Lipinski definition) is 3. The molecule has 0 N–H and O–H groups in total. The maximum absolute atomic E-state index is 11.6. The van der Waals surface area contributed by atoms with Crippen LogP contribution in [0.25, 0.3) is 0 Å². The van der Waals surface area contributed by atoms with Crippen molar-refractivity contribution in [3.05, 3.63) is 34.9 Å². The number of ether oxygens (including phenoxy) is 1. The zero-order valence-corrected chi connectivity index (χ0v) is 8.70. The summed E-state index contributed by atoms with van der Waals surface area (Å²) < 4.78 is 5.10. The second kappa shape index (κ2) is 3.09. The molecule has 0 fully saturated rings. The third-order valence-electron chi connectivity index (χ3n) is 2.70. The van der Waals surface area contributed by atoms with E-state index in [1.54, 1.807) is 13.0 Å². The maximum Gasteiger partial charge on any atom is 0.340 e. The molecule has 1 aromatic rings. The van der Waals surface area contributed by atoms with Crippen LogP contribution in [0.15, 0.2) is 18.2 Å². The molecule has 0 bridgehead atoms. The summed E-state index contributed by atoms with van der Waals surface area (Å²) in [6, 6.07) is 7.54. The minimum atomic E-state index is -1.02. The second-order valence-corrected chi connectivity index (χ2v) is 4.01. The Kier molecular flexibility index (Phi) is 2.01. The molecule has 15 heavy (non-hydrogen) atoms. The van der Waals surface area contributed by atoms with Crippen molar-refractivity contribution in [3.63, 3.8) is 0 Å². The molecule has 1 aromatic carbocycles. The quantitative estimate of drug-likeness (QED) is 0.603. The Morgan fingerprint density at radius 3 is 2.93 bits per heavy atom. The molecule has 1 aliphatic heterocycles. The summed E-state index contributed by atoms with van der Waals surface area (Å²) in [6.07, 6.45) is 0.469. The molecule has 1 atom stereocenters. The first-order valence-electron chi connectivity index (χ1n) is 4.79. The first-order valence-corrected chi connectivity index (χ1v) is 4.79. The summed E-state index contributed by atoms with van der Waals surface area (Å²) in [5.41, 5.74) is 1.53. The first kappa shape index (κ1) is 9.72. The van der Waals surface area contributed by atoms with Gasteiger partial charge < -0.3 is 4.74 Å². The van der Waals surface area contributed by atoms with Crippen molar-refractivity contribution in [2.75, 3.05) is 0 Å². The smallest absolute Gasteiger partial charge is 0.340 e. The predicted molar refractivity (Wildman–Crippen MR) is 54.3 cm³/mol. The van der Waals surface area contributed by atoms with E-state index in [0.717, 1.165) is 11.1 Å². The van der Waals surface area contributed by atoms with Gasteiger partial charge in [-0.3, -0.25) is 0 Å². The minimum absolute atomic E-state index is 0.399. The number of carbonyl (C=O) groups excluding carboxylic acids is 1. The van der Waals surface area contributed by atoms with Crippen LogP contribution in [-0.2, 0) is 11.2 Å². The number of cyclic esters (lactones) is 1. The van der Waals surface area contributed by atoms with E-state index in [-0.39, 0.29) is 0 Å². The highest BCUT2D eigenvalue weighted by molar-refractivity contribution is 5.93. The topological polar surface area (TPSA) is 50.1 Å².